The number of hydrogen-bond donors (Lipinski definition) is 2. The van der Waals surface area contributed by atoms with Crippen LogP contribution in [0, 0.1) is 0 Å². The molecule has 0 saturated heterocycles. The molecule has 0 aliphatic heterocycles. The van der Waals surface area contributed by atoms with E-state index in [1.807, 2.05) is 0 Å². The summed E-state index contributed by atoms with van der Waals surface area (Å²) >= 11 is 0. The van der Waals surface area contributed by atoms with E-state index in [0.29, 0.717) is 19.4 Å². The van der Waals surface area contributed by atoms with Gasteiger partial charge in [-0.05, 0) is 12.8 Å². The molecule has 0 aromatic heterocycles. The molecule has 0 amide bonds. The Balaban J connectivity index is -0.000000720. The minimum absolute atomic E-state index is 0. The van der Waals surface area contributed by atoms with Crippen LogP contribution in [0.15, 0.2) is 0 Å². The summed E-state index contributed by atoms with van der Waals surface area (Å²) in [4.78, 5) is 10.9. The van der Waals surface area contributed by atoms with Crippen molar-refractivity contribution < 1.29 is 19.7 Å². The summed E-state index contributed by atoms with van der Waals surface area (Å²) in [6.45, 7) is 0.534. The summed E-state index contributed by atoms with van der Waals surface area (Å²) in [7, 11) is 0. The molecule has 4 nitrogen and oxygen atoms in total. The molecular weight excluding hydrogens is 196 g/mol. The molecule has 0 aliphatic carbocycles. The maximum absolute atomic E-state index is 10.9. The van der Waals surface area contributed by atoms with E-state index in [0.717, 1.165) is 19.3 Å². The second kappa shape index (κ2) is 15.8. The molecule has 0 atom stereocenters. The number of carbonyl (C=O) groups is 1. The highest BCUT2D eigenvalue weighted by molar-refractivity contribution is 5.69. The van der Waals surface area contributed by atoms with Crippen LogP contribution in [0.4, 0.5) is 0 Å². The minimum Gasteiger partial charge on any atom is -0.466 e. The summed E-state index contributed by atoms with van der Waals surface area (Å²) in [6, 6.07) is 0. The lowest BCUT2D eigenvalue weighted by molar-refractivity contribution is -0.144. The van der Waals surface area contributed by atoms with Gasteiger partial charge in [0.15, 0.2) is 0 Å². The van der Waals surface area contributed by atoms with Crippen molar-refractivity contribution in [3.05, 3.63) is 0 Å². The maximum atomic E-state index is 10.9. The van der Waals surface area contributed by atoms with Crippen LogP contribution < -0.4 is 0 Å². The van der Waals surface area contributed by atoms with Crippen LogP contribution >= 0.6 is 0 Å². The van der Waals surface area contributed by atoms with Gasteiger partial charge >= 0.3 is 5.97 Å². The lowest BCUT2D eigenvalue weighted by atomic mass is 10.2. The van der Waals surface area contributed by atoms with E-state index in [2.05, 4.69) is 0 Å². The number of carbonyl (C=O) groups excluding carboxylic acids is 1. The fraction of sp³-hybridized carbons (Fsp3) is 0.909. The smallest absolute Gasteiger partial charge is 0.305 e. The second-order valence-electron chi connectivity index (χ2n) is 2.83. The van der Waals surface area contributed by atoms with Gasteiger partial charge in [0.05, 0.1) is 6.61 Å². The first kappa shape index (κ1) is 19.9. The number of rotatable bonds is 8. The van der Waals surface area contributed by atoms with Gasteiger partial charge in [0.2, 0.25) is 0 Å². The van der Waals surface area contributed by atoms with Gasteiger partial charge in [-0.25, -0.2) is 0 Å². The number of ether oxygens (including phenoxy) is 1. The highest BCUT2D eigenvalue weighted by atomic mass is 16.5. The molecule has 0 fully saturated rings. The van der Waals surface area contributed by atoms with Gasteiger partial charge in [-0.15, -0.1) is 0 Å². The van der Waals surface area contributed by atoms with Gasteiger partial charge in [-0.2, -0.15) is 0 Å². The van der Waals surface area contributed by atoms with Crippen molar-refractivity contribution in [2.45, 2.75) is 47.0 Å². The Morgan fingerprint density at radius 2 is 1.53 bits per heavy atom. The molecule has 0 saturated carbocycles. The average Bonchev–Trinajstić information content (AvgIpc) is 2.13. The first-order valence-electron chi connectivity index (χ1n) is 4.68. The molecule has 0 unspecified atom stereocenters. The van der Waals surface area contributed by atoms with Crippen LogP contribution in [-0.4, -0.2) is 36.0 Å². The Morgan fingerprint density at radius 1 is 0.933 bits per heavy atom. The van der Waals surface area contributed by atoms with E-state index < -0.39 is 0 Å². The van der Waals surface area contributed by atoms with E-state index in [9.17, 15) is 4.79 Å². The highest BCUT2D eigenvalue weighted by Crippen LogP contribution is 2.00. The predicted molar refractivity (Wildman–Crippen MR) is 61.7 cm³/mol. The van der Waals surface area contributed by atoms with Gasteiger partial charge in [0, 0.05) is 26.1 Å². The van der Waals surface area contributed by atoms with Crippen LogP contribution in [0.1, 0.15) is 47.0 Å². The first-order chi connectivity index (χ1) is 6.31. The van der Waals surface area contributed by atoms with Crippen molar-refractivity contribution in [1.82, 2.24) is 0 Å². The molecule has 94 valence electrons. The molecule has 0 radical (unpaired) electrons. The number of aliphatic hydroxyl groups excluding tert-OH is 2. The van der Waals surface area contributed by atoms with E-state index in [4.69, 9.17) is 14.9 Å². The standard InChI is InChI=1S/C9H18O4.2CH4/c10-6-3-1-2-5-9(12)13-8-4-7-11;;/h10-11H,1-8H2;2*1H4. The Hall–Kier alpha value is -0.610. The van der Waals surface area contributed by atoms with Crippen molar-refractivity contribution in [3.8, 4) is 0 Å². The third kappa shape index (κ3) is 16.1. The number of hydrogen-bond acceptors (Lipinski definition) is 4. The Labute approximate surface area is 93.3 Å². The van der Waals surface area contributed by atoms with Gasteiger partial charge in [0.25, 0.3) is 0 Å². The molecule has 0 aromatic rings. The SMILES string of the molecule is C.C.O=C(CCCCCO)OCCCO. The van der Waals surface area contributed by atoms with Gasteiger partial charge in [-0.1, -0.05) is 21.3 Å². The van der Waals surface area contributed by atoms with E-state index >= 15 is 0 Å². The minimum atomic E-state index is -0.216. The average molecular weight is 222 g/mol. The summed E-state index contributed by atoms with van der Waals surface area (Å²) in [5.74, 6) is -0.216. The third-order valence-electron chi connectivity index (χ3n) is 1.60. The largest absolute Gasteiger partial charge is 0.466 e. The highest BCUT2D eigenvalue weighted by Gasteiger charge is 2.01. The molecule has 15 heavy (non-hydrogen) atoms. The Morgan fingerprint density at radius 3 is 2.07 bits per heavy atom. The molecule has 2 N–H and O–H groups in total. The molecule has 0 heterocycles. The fourth-order valence-corrected chi connectivity index (χ4v) is 0.881. The zero-order valence-corrected chi connectivity index (χ0v) is 7.87. The molecule has 0 bridgehead atoms. The Bertz CT molecular complexity index is 126. The molecule has 0 rings (SSSR count). The third-order valence-corrected chi connectivity index (χ3v) is 1.60. The number of aliphatic hydroxyl groups is 2. The molecular formula is C11H26O4. The molecule has 4 heteroatoms. The molecule has 0 aliphatic rings. The quantitative estimate of drug-likeness (QED) is 0.485. The van der Waals surface area contributed by atoms with Crippen LogP contribution in [0.5, 0.6) is 0 Å². The number of unbranched alkanes of at least 4 members (excludes halogenated alkanes) is 2. The monoisotopic (exact) mass is 222 g/mol. The predicted octanol–water partition coefficient (Wildman–Crippen LogP) is 1.74. The van der Waals surface area contributed by atoms with Crippen LogP contribution in [0.2, 0.25) is 0 Å². The van der Waals surface area contributed by atoms with Crippen LogP contribution in [0.25, 0.3) is 0 Å². The van der Waals surface area contributed by atoms with Crippen molar-refractivity contribution >= 4 is 5.97 Å². The number of esters is 1. The zero-order chi connectivity index (χ0) is 9.94. The van der Waals surface area contributed by atoms with E-state index in [-0.39, 0.29) is 34.0 Å². The van der Waals surface area contributed by atoms with Crippen molar-refractivity contribution in [2.24, 2.45) is 0 Å². The van der Waals surface area contributed by atoms with Gasteiger partial charge in [0.1, 0.15) is 0 Å². The van der Waals surface area contributed by atoms with E-state index in [1.165, 1.54) is 0 Å². The van der Waals surface area contributed by atoms with Gasteiger partial charge < -0.3 is 14.9 Å². The second-order valence-corrected chi connectivity index (χ2v) is 2.83. The first-order valence-corrected chi connectivity index (χ1v) is 4.68. The molecule has 0 spiro atoms. The maximum Gasteiger partial charge on any atom is 0.305 e. The topological polar surface area (TPSA) is 66.8 Å². The Kier molecular flexibility index (Phi) is 21.0. The van der Waals surface area contributed by atoms with Gasteiger partial charge in [-0.3, -0.25) is 4.79 Å². The fourth-order valence-electron chi connectivity index (χ4n) is 0.881. The lowest BCUT2D eigenvalue weighted by Gasteiger charge is -2.02. The van der Waals surface area contributed by atoms with Crippen LogP contribution in [0.3, 0.4) is 0 Å². The summed E-state index contributed by atoms with van der Waals surface area (Å²) in [5.41, 5.74) is 0. The summed E-state index contributed by atoms with van der Waals surface area (Å²) < 4.78 is 4.80. The van der Waals surface area contributed by atoms with Crippen molar-refractivity contribution in [3.63, 3.8) is 0 Å². The van der Waals surface area contributed by atoms with Crippen molar-refractivity contribution in [1.29, 1.82) is 0 Å². The van der Waals surface area contributed by atoms with E-state index in [1.54, 1.807) is 0 Å². The lowest BCUT2D eigenvalue weighted by Crippen LogP contribution is -2.06. The summed E-state index contributed by atoms with van der Waals surface area (Å²) in [6.07, 6.45) is 3.27. The summed E-state index contributed by atoms with van der Waals surface area (Å²) in [5, 5.41) is 16.9. The normalized spacial score (nSPS) is 8.67. The van der Waals surface area contributed by atoms with Crippen molar-refractivity contribution in [2.75, 3.05) is 19.8 Å². The molecule has 0 aromatic carbocycles. The zero-order valence-electron chi connectivity index (χ0n) is 7.87. The van der Waals surface area contributed by atoms with Crippen LogP contribution in [-0.2, 0) is 9.53 Å².